The number of pyridine rings is 1. The highest BCUT2D eigenvalue weighted by Crippen LogP contribution is 2.30. The molecule has 1 unspecified atom stereocenters. The number of rotatable bonds is 1. The number of aromatic nitrogens is 1. The number of carbonyl (C=O) groups is 1. The van der Waals surface area contributed by atoms with Crippen molar-refractivity contribution in [2.45, 2.75) is 12.8 Å². The molecule has 80 valence electrons. The molecule has 3 heteroatoms. The van der Waals surface area contributed by atoms with Gasteiger partial charge >= 0.3 is 5.97 Å². The summed E-state index contributed by atoms with van der Waals surface area (Å²) in [6.07, 6.45) is 4.89. The molecule has 0 amide bonds. The van der Waals surface area contributed by atoms with Gasteiger partial charge in [-0.2, -0.15) is 0 Å². The summed E-state index contributed by atoms with van der Waals surface area (Å²) in [5.41, 5.74) is 2.33. The van der Waals surface area contributed by atoms with Crippen molar-refractivity contribution in [3.05, 3.63) is 41.7 Å². The number of nitrogens with zero attached hydrogens (tertiary/aromatic N) is 1. The molecule has 1 aromatic heterocycles. The smallest absolute Gasteiger partial charge is 0.307 e. The Balaban J connectivity index is 2.11. The largest absolute Gasteiger partial charge is 0.481 e. The fourth-order valence-corrected chi connectivity index (χ4v) is 2.39. The van der Waals surface area contributed by atoms with E-state index in [2.05, 4.69) is 17.1 Å². The van der Waals surface area contributed by atoms with Gasteiger partial charge in [0.05, 0.1) is 5.92 Å². The van der Waals surface area contributed by atoms with E-state index < -0.39 is 5.97 Å². The number of carboxylic acid groups (broad SMARTS) is 1. The Morgan fingerprint density at radius 1 is 1.25 bits per heavy atom. The van der Waals surface area contributed by atoms with E-state index in [9.17, 15) is 4.79 Å². The van der Waals surface area contributed by atoms with Crippen LogP contribution in [0.1, 0.15) is 11.1 Å². The summed E-state index contributed by atoms with van der Waals surface area (Å²) in [6, 6.07) is 6.12. The number of benzene rings is 1. The van der Waals surface area contributed by atoms with E-state index in [1.807, 2.05) is 12.3 Å². The highest BCUT2D eigenvalue weighted by Gasteiger charge is 2.27. The normalized spacial score (nSPS) is 18.6. The molecule has 1 aromatic carbocycles. The van der Waals surface area contributed by atoms with Gasteiger partial charge in [0, 0.05) is 17.8 Å². The van der Waals surface area contributed by atoms with Crippen LogP contribution in [-0.2, 0) is 17.6 Å². The molecule has 0 saturated carbocycles. The monoisotopic (exact) mass is 213 g/mol. The van der Waals surface area contributed by atoms with Crippen LogP contribution in [0.5, 0.6) is 0 Å². The zero-order chi connectivity index (χ0) is 11.1. The third kappa shape index (κ3) is 1.36. The Morgan fingerprint density at radius 2 is 1.94 bits per heavy atom. The molecule has 0 radical (unpaired) electrons. The summed E-state index contributed by atoms with van der Waals surface area (Å²) >= 11 is 0. The van der Waals surface area contributed by atoms with Gasteiger partial charge in [0.1, 0.15) is 0 Å². The fraction of sp³-hybridized carbons (Fsp3) is 0.231. The lowest BCUT2D eigenvalue weighted by Gasteiger charge is -2.01. The number of carboxylic acids is 1. The van der Waals surface area contributed by atoms with Crippen LogP contribution < -0.4 is 0 Å². The Labute approximate surface area is 92.7 Å². The summed E-state index contributed by atoms with van der Waals surface area (Å²) in [7, 11) is 0. The number of fused-ring (bicyclic) bond motifs is 2. The average molecular weight is 213 g/mol. The lowest BCUT2D eigenvalue weighted by molar-refractivity contribution is -0.141. The average Bonchev–Trinajstić information content (AvgIpc) is 2.68. The highest BCUT2D eigenvalue weighted by atomic mass is 16.4. The van der Waals surface area contributed by atoms with Crippen LogP contribution in [0.15, 0.2) is 30.6 Å². The van der Waals surface area contributed by atoms with E-state index in [1.165, 1.54) is 5.56 Å². The molecule has 0 fully saturated rings. The Bertz CT molecular complexity index is 533. The maximum absolute atomic E-state index is 11.0. The van der Waals surface area contributed by atoms with Gasteiger partial charge in [-0.3, -0.25) is 9.78 Å². The minimum absolute atomic E-state index is 0.250. The predicted octanol–water partition coefficient (Wildman–Crippen LogP) is 2.03. The molecule has 3 rings (SSSR count). The summed E-state index contributed by atoms with van der Waals surface area (Å²) < 4.78 is 0. The van der Waals surface area contributed by atoms with Crippen molar-refractivity contribution in [1.29, 1.82) is 0 Å². The third-order valence-corrected chi connectivity index (χ3v) is 3.24. The molecule has 1 heterocycles. The van der Waals surface area contributed by atoms with Crippen molar-refractivity contribution in [3.63, 3.8) is 0 Å². The van der Waals surface area contributed by atoms with Crippen LogP contribution in [0.3, 0.4) is 0 Å². The van der Waals surface area contributed by atoms with Crippen LogP contribution in [0.4, 0.5) is 0 Å². The van der Waals surface area contributed by atoms with Crippen LogP contribution in [0.2, 0.25) is 0 Å². The molecule has 1 aliphatic rings. The van der Waals surface area contributed by atoms with Gasteiger partial charge in [-0.25, -0.2) is 0 Å². The lowest BCUT2D eigenvalue weighted by Crippen LogP contribution is -2.12. The quantitative estimate of drug-likeness (QED) is 0.788. The maximum atomic E-state index is 11.0. The van der Waals surface area contributed by atoms with E-state index in [4.69, 9.17) is 5.11 Å². The van der Waals surface area contributed by atoms with Gasteiger partial charge in [-0.1, -0.05) is 6.07 Å². The van der Waals surface area contributed by atoms with Crippen molar-refractivity contribution in [2.75, 3.05) is 0 Å². The zero-order valence-electron chi connectivity index (χ0n) is 8.68. The standard InChI is InChI=1S/C13H11NO2/c15-13(16)11-4-9-3-8-1-2-14-7-12(8)6-10(9)5-11/h1-3,6-7,11H,4-5H2,(H,15,16). The van der Waals surface area contributed by atoms with Crippen LogP contribution in [-0.4, -0.2) is 16.1 Å². The molecule has 1 aliphatic carbocycles. The molecular formula is C13H11NO2. The summed E-state index contributed by atoms with van der Waals surface area (Å²) in [6.45, 7) is 0. The number of hydrogen-bond acceptors (Lipinski definition) is 2. The third-order valence-electron chi connectivity index (χ3n) is 3.24. The Hall–Kier alpha value is -1.90. The first-order valence-corrected chi connectivity index (χ1v) is 5.32. The Kier molecular flexibility index (Phi) is 1.93. The van der Waals surface area contributed by atoms with Gasteiger partial charge in [0.2, 0.25) is 0 Å². The van der Waals surface area contributed by atoms with Gasteiger partial charge in [-0.05, 0) is 41.5 Å². The highest BCUT2D eigenvalue weighted by molar-refractivity contribution is 5.84. The lowest BCUT2D eigenvalue weighted by atomic mass is 10.1. The van der Waals surface area contributed by atoms with Crippen molar-refractivity contribution >= 4 is 16.7 Å². The van der Waals surface area contributed by atoms with Gasteiger partial charge in [0.25, 0.3) is 0 Å². The second-order valence-corrected chi connectivity index (χ2v) is 4.29. The molecule has 0 saturated heterocycles. The van der Waals surface area contributed by atoms with Crippen LogP contribution in [0.25, 0.3) is 10.8 Å². The van der Waals surface area contributed by atoms with E-state index in [1.54, 1.807) is 6.20 Å². The second-order valence-electron chi connectivity index (χ2n) is 4.29. The molecule has 0 aliphatic heterocycles. The number of hydrogen-bond donors (Lipinski definition) is 1. The minimum Gasteiger partial charge on any atom is -0.481 e. The molecule has 0 bridgehead atoms. The van der Waals surface area contributed by atoms with Crippen molar-refractivity contribution in [1.82, 2.24) is 4.98 Å². The first kappa shape index (κ1) is 9.33. The molecule has 0 spiro atoms. The molecule has 1 N–H and O–H groups in total. The SMILES string of the molecule is O=C(O)C1Cc2cc3ccncc3cc2C1. The fourth-order valence-electron chi connectivity index (χ4n) is 2.39. The molecule has 3 nitrogen and oxygen atoms in total. The number of aliphatic carboxylic acids is 1. The minimum atomic E-state index is -0.696. The van der Waals surface area contributed by atoms with Crippen molar-refractivity contribution in [2.24, 2.45) is 5.92 Å². The molecule has 2 aromatic rings. The maximum Gasteiger partial charge on any atom is 0.307 e. The van der Waals surface area contributed by atoms with Gasteiger partial charge in [0.15, 0.2) is 0 Å². The van der Waals surface area contributed by atoms with Crippen molar-refractivity contribution < 1.29 is 9.90 Å². The summed E-state index contributed by atoms with van der Waals surface area (Å²) in [4.78, 5) is 15.0. The van der Waals surface area contributed by atoms with Crippen LogP contribution in [0, 0.1) is 5.92 Å². The molecule has 1 atom stereocenters. The topological polar surface area (TPSA) is 50.2 Å². The molecule has 16 heavy (non-hydrogen) atoms. The molecular weight excluding hydrogens is 202 g/mol. The van der Waals surface area contributed by atoms with E-state index >= 15 is 0 Å². The second kappa shape index (κ2) is 3.30. The Morgan fingerprint density at radius 3 is 2.62 bits per heavy atom. The first-order chi connectivity index (χ1) is 7.74. The van der Waals surface area contributed by atoms with E-state index in [0.717, 1.165) is 16.3 Å². The predicted molar refractivity (Wildman–Crippen MR) is 60.3 cm³/mol. The van der Waals surface area contributed by atoms with E-state index in [0.29, 0.717) is 12.8 Å². The van der Waals surface area contributed by atoms with Crippen molar-refractivity contribution in [3.8, 4) is 0 Å². The van der Waals surface area contributed by atoms with Crippen LogP contribution >= 0.6 is 0 Å². The summed E-state index contributed by atoms with van der Waals surface area (Å²) in [5, 5.41) is 11.2. The first-order valence-electron chi connectivity index (χ1n) is 5.32. The summed E-state index contributed by atoms with van der Waals surface area (Å²) in [5.74, 6) is -0.946. The zero-order valence-corrected chi connectivity index (χ0v) is 8.68. The van der Waals surface area contributed by atoms with Gasteiger partial charge in [-0.15, -0.1) is 0 Å². The van der Waals surface area contributed by atoms with E-state index in [-0.39, 0.29) is 5.92 Å². The van der Waals surface area contributed by atoms with Gasteiger partial charge < -0.3 is 5.11 Å².